The van der Waals surface area contributed by atoms with Gasteiger partial charge in [-0.3, -0.25) is 4.79 Å². The summed E-state index contributed by atoms with van der Waals surface area (Å²) in [5.41, 5.74) is 5.97. The molecular weight excluding hydrogens is 314 g/mol. The van der Waals surface area contributed by atoms with Crippen molar-refractivity contribution in [3.05, 3.63) is 64.7 Å². The van der Waals surface area contributed by atoms with Crippen molar-refractivity contribution in [2.24, 2.45) is 0 Å². The molecule has 1 atom stereocenters. The fourth-order valence-electron chi connectivity index (χ4n) is 2.61. The van der Waals surface area contributed by atoms with E-state index in [-0.39, 0.29) is 10.7 Å². The lowest BCUT2D eigenvalue weighted by molar-refractivity contribution is -0.116. The van der Waals surface area contributed by atoms with Crippen molar-refractivity contribution < 1.29 is 4.79 Å². The van der Waals surface area contributed by atoms with E-state index in [4.69, 9.17) is 0 Å². The maximum absolute atomic E-state index is 11.4. The minimum Gasteiger partial charge on any atom is -0.326 e. The number of carbonyl (C=O) groups excluding carboxylic acids is 1. The molecule has 1 N–H and O–H groups in total. The number of alkyl halides is 1. The molecule has 1 heterocycles. The Hall–Kier alpha value is -1.61. The zero-order chi connectivity index (χ0) is 14.1. The second-order valence-electron chi connectivity index (χ2n) is 5.18. The molecule has 2 aromatic rings. The Morgan fingerprint density at radius 1 is 1.15 bits per heavy atom. The number of fused-ring (bicyclic) bond motifs is 1. The quantitative estimate of drug-likeness (QED) is 0.814. The van der Waals surface area contributed by atoms with Crippen LogP contribution in [0.25, 0.3) is 0 Å². The average molecular weight is 330 g/mol. The number of hydrogen-bond donors (Lipinski definition) is 1. The highest BCUT2D eigenvalue weighted by Gasteiger charge is 2.18. The molecular formula is C17H16BrNO. The van der Waals surface area contributed by atoms with E-state index >= 15 is 0 Å². The van der Waals surface area contributed by atoms with Crippen LogP contribution in [0.1, 0.15) is 33.5 Å². The molecule has 1 unspecified atom stereocenters. The SMILES string of the molecule is Cc1ccccc1C(Br)c1ccc2c(c1)CCC(=O)N2. The zero-order valence-corrected chi connectivity index (χ0v) is 12.9. The van der Waals surface area contributed by atoms with E-state index in [2.05, 4.69) is 64.6 Å². The summed E-state index contributed by atoms with van der Waals surface area (Å²) in [6.07, 6.45) is 1.40. The van der Waals surface area contributed by atoms with Crippen LogP contribution in [-0.2, 0) is 11.2 Å². The van der Waals surface area contributed by atoms with E-state index in [1.165, 1.54) is 22.3 Å². The van der Waals surface area contributed by atoms with E-state index in [1.54, 1.807) is 0 Å². The fraction of sp³-hybridized carbons (Fsp3) is 0.235. The molecule has 3 rings (SSSR count). The van der Waals surface area contributed by atoms with Gasteiger partial charge in [0.2, 0.25) is 5.91 Å². The summed E-state index contributed by atoms with van der Waals surface area (Å²) in [5, 5.41) is 2.92. The molecule has 0 radical (unpaired) electrons. The average Bonchev–Trinajstić information content (AvgIpc) is 2.46. The molecule has 0 bridgehead atoms. The number of aryl methyl sites for hydroxylation is 2. The topological polar surface area (TPSA) is 29.1 Å². The molecule has 2 nitrogen and oxygen atoms in total. The van der Waals surface area contributed by atoms with Crippen LogP contribution in [0.2, 0.25) is 0 Å². The Morgan fingerprint density at radius 3 is 2.75 bits per heavy atom. The van der Waals surface area contributed by atoms with E-state index in [0.29, 0.717) is 6.42 Å². The van der Waals surface area contributed by atoms with Crippen molar-refractivity contribution in [1.82, 2.24) is 0 Å². The number of amides is 1. The van der Waals surface area contributed by atoms with Crippen LogP contribution in [0.4, 0.5) is 5.69 Å². The van der Waals surface area contributed by atoms with Gasteiger partial charge in [0.25, 0.3) is 0 Å². The standard InChI is InChI=1S/C17H16BrNO/c1-11-4-2-3-5-14(11)17(18)13-6-8-15-12(10-13)7-9-16(20)19-15/h2-6,8,10,17H,7,9H2,1H3,(H,19,20). The molecule has 0 saturated carbocycles. The van der Waals surface area contributed by atoms with Crippen molar-refractivity contribution in [2.75, 3.05) is 5.32 Å². The van der Waals surface area contributed by atoms with Gasteiger partial charge >= 0.3 is 0 Å². The zero-order valence-electron chi connectivity index (χ0n) is 11.3. The first-order chi connectivity index (χ1) is 9.65. The Labute approximate surface area is 127 Å². The number of nitrogens with one attached hydrogen (secondary N) is 1. The predicted octanol–water partition coefficient (Wildman–Crippen LogP) is 4.36. The summed E-state index contributed by atoms with van der Waals surface area (Å²) >= 11 is 3.80. The van der Waals surface area contributed by atoms with Crippen molar-refractivity contribution in [3.8, 4) is 0 Å². The van der Waals surface area contributed by atoms with Crippen molar-refractivity contribution in [3.63, 3.8) is 0 Å². The first-order valence-corrected chi connectivity index (χ1v) is 7.69. The van der Waals surface area contributed by atoms with Gasteiger partial charge in [-0.05, 0) is 41.7 Å². The van der Waals surface area contributed by atoms with E-state index in [9.17, 15) is 4.79 Å². The van der Waals surface area contributed by atoms with Gasteiger partial charge in [-0.25, -0.2) is 0 Å². The largest absolute Gasteiger partial charge is 0.326 e. The van der Waals surface area contributed by atoms with Crippen LogP contribution in [0.5, 0.6) is 0 Å². The molecule has 0 aromatic heterocycles. The maximum atomic E-state index is 11.4. The number of rotatable bonds is 2. The van der Waals surface area contributed by atoms with Gasteiger partial charge in [-0.1, -0.05) is 52.3 Å². The number of halogens is 1. The van der Waals surface area contributed by atoms with Crippen LogP contribution in [0.15, 0.2) is 42.5 Å². The first kappa shape index (κ1) is 13.4. The third kappa shape index (κ3) is 2.50. The van der Waals surface area contributed by atoms with Crippen molar-refractivity contribution >= 4 is 27.5 Å². The minimum absolute atomic E-state index is 0.111. The van der Waals surface area contributed by atoms with Gasteiger partial charge in [0, 0.05) is 12.1 Å². The van der Waals surface area contributed by atoms with E-state index in [0.717, 1.165) is 12.1 Å². The Balaban J connectivity index is 1.95. The van der Waals surface area contributed by atoms with Crippen LogP contribution >= 0.6 is 15.9 Å². The van der Waals surface area contributed by atoms with Gasteiger partial charge in [-0.2, -0.15) is 0 Å². The van der Waals surface area contributed by atoms with Crippen molar-refractivity contribution in [2.45, 2.75) is 24.6 Å². The highest BCUT2D eigenvalue weighted by molar-refractivity contribution is 9.09. The molecule has 0 spiro atoms. The highest BCUT2D eigenvalue weighted by Crippen LogP contribution is 2.35. The van der Waals surface area contributed by atoms with Crippen LogP contribution in [-0.4, -0.2) is 5.91 Å². The van der Waals surface area contributed by atoms with E-state index < -0.39 is 0 Å². The van der Waals surface area contributed by atoms with Gasteiger partial charge < -0.3 is 5.32 Å². The molecule has 0 saturated heterocycles. The molecule has 1 aliphatic heterocycles. The molecule has 3 heteroatoms. The summed E-state index contributed by atoms with van der Waals surface area (Å²) in [4.78, 5) is 11.6. The minimum atomic E-state index is 0.111. The summed E-state index contributed by atoms with van der Waals surface area (Å²) in [7, 11) is 0. The molecule has 1 aliphatic rings. The molecule has 0 aliphatic carbocycles. The number of carbonyl (C=O) groups is 1. The van der Waals surface area contributed by atoms with Crippen molar-refractivity contribution in [1.29, 1.82) is 0 Å². The summed E-state index contributed by atoms with van der Waals surface area (Å²) in [5.74, 6) is 0.111. The van der Waals surface area contributed by atoms with Gasteiger partial charge in [-0.15, -0.1) is 0 Å². The fourth-order valence-corrected chi connectivity index (χ4v) is 3.41. The lowest BCUT2D eigenvalue weighted by Gasteiger charge is -2.20. The van der Waals surface area contributed by atoms with Crippen LogP contribution < -0.4 is 5.32 Å². The molecule has 2 aromatic carbocycles. The number of anilines is 1. The summed E-state index contributed by atoms with van der Waals surface area (Å²) < 4.78 is 0. The summed E-state index contributed by atoms with van der Waals surface area (Å²) in [6, 6.07) is 14.7. The highest BCUT2D eigenvalue weighted by atomic mass is 79.9. The molecule has 102 valence electrons. The van der Waals surface area contributed by atoms with Gasteiger partial charge in [0.1, 0.15) is 0 Å². The first-order valence-electron chi connectivity index (χ1n) is 6.77. The summed E-state index contributed by atoms with van der Waals surface area (Å²) in [6.45, 7) is 2.13. The predicted molar refractivity (Wildman–Crippen MR) is 85.3 cm³/mol. The van der Waals surface area contributed by atoms with Gasteiger partial charge in [0.05, 0.1) is 4.83 Å². The Kier molecular flexibility index (Phi) is 3.62. The number of hydrogen-bond acceptors (Lipinski definition) is 1. The Bertz CT molecular complexity index is 666. The maximum Gasteiger partial charge on any atom is 0.224 e. The third-order valence-corrected chi connectivity index (χ3v) is 4.80. The van der Waals surface area contributed by atoms with Crippen LogP contribution in [0.3, 0.4) is 0 Å². The monoisotopic (exact) mass is 329 g/mol. The number of benzene rings is 2. The Morgan fingerprint density at radius 2 is 1.95 bits per heavy atom. The molecule has 0 fully saturated rings. The lowest BCUT2D eigenvalue weighted by atomic mass is 9.95. The van der Waals surface area contributed by atoms with Gasteiger partial charge in [0.15, 0.2) is 0 Å². The second-order valence-corrected chi connectivity index (χ2v) is 6.10. The normalized spacial score (nSPS) is 15.4. The van der Waals surface area contributed by atoms with E-state index in [1.807, 2.05) is 6.07 Å². The second kappa shape index (κ2) is 5.41. The van der Waals surface area contributed by atoms with Crippen LogP contribution in [0, 0.1) is 6.92 Å². The lowest BCUT2D eigenvalue weighted by Crippen LogP contribution is -2.19. The smallest absolute Gasteiger partial charge is 0.224 e. The molecule has 1 amide bonds. The molecule has 20 heavy (non-hydrogen) atoms. The third-order valence-electron chi connectivity index (χ3n) is 3.78.